The normalized spacial score (nSPS) is 14.2. The molecular formula is C23H30N2Si. The molecule has 1 heterocycles. The highest BCUT2D eigenvalue weighted by atomic mass is 28.3. The molecule has 0 atom stereocenters. The molecule has 26 heavy (non-hydrogen) atoms. The summed E-state index contributed by atoms with van der Waals surface area (Å²) in [4.78, 5) is 4.53. The van der Waals surface area contributed by atoms with E-state index in [1.54, 1.807) is 10.4 Å². The maximum Gasteiger partial charge on any atom is 0.113 e. The highest BCUT2D eigenvalue weighted by molar-refractivity contribution is 7.01. The second-order valence-corrected chi connectivity index (χ2v) is 12.2. The highest BCUT2D eigenvalue weighted by Gasteiger charge is 2.35. The van der Waals surface area contributed by atoms with Crippen molar-refractivity contribution in [1.82, 2.24) is 0 Å². The molecule has 2 aromatic rings. The summed E-state index contributed by atoms with van der Waals surface area (Å²) in [6.07, 6.45) is 4.95. The Bertz CT molecular complexity index is 771. The second kappa shape index (κ2) is 7.16. The lowest BCUT2D eigenvalue weighted by molar-refractivity contribution is 1.03. The minimum absolute atomic E-state index is 0.869. The fourth-order valence-electron chi connectivity index (χ4n) is 4.02. The van der Waals surface area contributed by atoms with Crippen LogP contribution in [0.1, 0.15) is 11.1 Å². The molecule has 0 saturated heterocycles. The number of nitrogens with zero attached hydrogens (tertiary/aromatic N) is 2. The first-order valence-corrected chi connectivity index (χ1v) is 12.3. The zero-order valence-corrected chi connectivity index (χ0v) is 17.5. The van der Waals surface area contributed by atoms with E-state index in [4.69, 9.17) is 0 Å². The summed E-state index contributed by atoms with van der Waals surface area (Å²) < 4.78 is 0. The first-order chi connectivity index (χ1) is 12.4. The number of hydrogen-bond donors (Lipinski definition) is 0. The van der Waals surface area contributed by atoms with E-state index < -0.39 is 8.07 Å². The first kappa shape index (κ1) is 18.5. The van der Waals surface area contributed by atoms with Crippen molar-refractivity contribution in [3.8, 4) is 0 Å². The standard InChI is InChI=1S/C23H30N2Si/c1-7-13-24(3)20-11-9-18-15-19-10-12-21(25(4)14-8-2)17-23(19)26(5,6)22(18)16-20/h7-12,16-17H,1-2,13-15H2,3-6H3. The predicted octanol–water partition coefficient (Wildman–Crippen LogP) is 3.66. The van der Waals surface area contributed by atoms with Crippen molar-refractivity contribution in [2.45, 2.75) is 19.5 Å². The van der Waals surface area contributed by atoms with Crippen molar-refractivity contribution < 1.29 is 0 Å². The zero-order chi connectivity index (χ0) is 18.9. The molecule has 3 heteroatoms. The summed E-state index contributed by atoms with van der Waals surface area (Å²) in [6, 6.07) is 14.0. The van der Waals surface area contributed by atoms with Gasteiger partial charge in [-0.1, -0.05) is 37.4 Å². The maximum atomic E-state index is 3.87. The molecule has 0 aromatic heterocycles. The summed E-state index contributed by atoms with van der Waals surface area (Å²) in [5.74, 6) is 0. The van der Waals surface area contributed by atoms with Crippen molar-refractivity contribution in [3.05, 3.63) is 72.8 Å². The lowest BCUT2D eigenvalue weighted by Gasteiger charge is -2.35. The summed E-state index contributed by atoms with van der Waals surface area (Å²) >= 11 is 0. The van der Waals surface area contributed by atoms with Gasteiger partial charge in [0.05, 0.1) is 0 Å². The molecule has 2 aromatic carbocycles. The summed E-state index contributed by atoms with van der Waals surface area (Å²) in [6.45, 7) is 14.4. The van der Waals surface area contributed by atoms with Gasteiger partial charge in [-0.2, -0.15) is 0 Å². The molecule has 0 N–H and O–H groups in total. The lowest BCUT2D eigenvalue weighted by Crippen LogP contribution is -2.58. The van der Waals surface area contributed by atoms with Crippen LogP contribution in [0.3, 0.4) is 0 Å². The lowest BCUT2D eigenvalue weighted by atomic mass is 10.0. The smallest absolute Gasteiger partial charge is 0.113 e. The molecule has 0 bridgehead atoms. The predicted molar refractivity (Wildman–Crippen MR) is 119 cm³/mol. The second-order valence-electron chi connectivity index (χ2n) is 7.82. The van der Waals surface area contributed by atoms with Gasteiger partial charge in [0.2, 0.25) is 0 Å². The molecule has 0 saturated carbocycles. The van der Waals surface area contributed by atoms with Gasteiger partial charge < -0.3 is 9.80 Å². The first-order valence-electron chi connectivity index (χ1n) is 9.29. The van der Waals surface area contributed by atoms with Crippen LogP contribution >= 0.6 is 0 Å². The van der Waals surface area contributed by atoms with Crippen LogP contribution in [0, 0.1) is 0 Å². The quantitative estimate of drug-likeness (QED) is 0.572. The minimum Gasteiger partial charge on any atom is -0.371 e. The van der Waals surface area contributed by atoms with Gasteiger partial charge in [0.1, 0.15) is 8.07 Å². The van der Waals surface area contributed by atoms with Crippen LogP contribution in [0.5, 0.6) is 0 Å². The average molecular weight is 363 g/mol. The number of fused-ring (bicyclic) bond motifs is 2. The fraction of sp³-hybridized carbons (Fsp3) is 0.304. The molecule has 1 aliphatic rings. The third-order valence-electron chi connectivity index (χ3n) is 5.60. The topological polar surface area (TPSA) is 6.48 Å². The van der Waals surface area contributed by atoms with Crippen LogP contribution in [-0.2, 0) is 6.42 Å². The van der Waals surface area contributed by atoms with Crippen LogP contribution in [0.25, 0.3) is 0 Å². The van der Waals surface area contributed by atoms with Crippen LogP contribution in [-0.4, -0.2) is 35.3 Å². The summed E-state index contributed by atoms with van der Waals surface area (Å²) in [7, 11) is 2.53. The van der Waals surface area contributed by atoms with Gasteiger partial charge in [-0.25, -0.2) is 0 Å². The maximum absolute atomic E-state index is 3.87. The molecule has 0 fully saturated rings. The van der Waals surface area contributed by atoms with E-state index in [0.29, 0.717) is 0 Å². The van der Waals surface area contributed by atoms with Gasteiger partial charge in [-0.3, -0.25) is 0 Å². The van der Waals surface area contributed by atoms with Gasteiger partial charge in [-0.05, 0) is 52.2 Å². The Balaban J connectivity index is 2.05. The highest BCUT2D eigenvalue weighted by Crippen LogP contribution is 2.25. The Labute approximate surface area is 159 Å². The Kier molecular flexibility index (Phi) is 5.10. The minimum atomic E-state index is -1.74. The SMILES string of the molecule is C=CCN(C)c1ccc2c(c1)[Si](C)(C)c1cc(N(C)CC=C)ccc1C2. The zero-order valence-electron chi connectivity index (χ0n) is 16.5. The van der Waals surface area contributed by atoms with E-state index in [1.165, 1.54) is 22.5 Å². The van der Waals surface area contributed by atoms with E-state index in [2.05, 4.69) is 86.5 Å². The Morgan fingerprint density at radius 2 is 1.27 bits per heavy atom. The van der Waals surface area contributed by atoms with Crippen LogP contribution < -0.4 is 20.2 Å². The van der Waals surface area contributed by atoms with Crippen molar-refractivity contribution in [2.24, 2.45) is 0 Å². The molecule has 136 valence electrons. The molecule has 0 aliphatic carbocycles. The third kappa shape index (κ3) is 3.24. The summed E-state index contributed by atoms with van der Waals surface area (Å²) in [5.41, 5.74) is 5.56. The van der Waals surface area contributed by atoms with E-state index >= 15 is 0 Å². The number of hydrogen-bond acceptors (Lipinski definition) is 2. The van der Waals surface area contributed by atoms with E-state index in [1.807, 2.05) is 12.2 Å². The molecular weight excluding hydrogens is 332 g/mol. The Morgan fingerprint density at radius 3 is 1.65 bits per heavy atom. The number of anilines is 2. The van der Waals surface area contributed by atoms with E-state index in [-0.39, 0.29) is 0 Å². The van der Waals surface area contributed by atoms with Crippen LogP contribution in [0.15, 0.2) is 61.7 Å². The van der Waals surface area contributed by atoms with Gasteiger partial charge in [-0.15, -0.1) is 13.2 Å². The monoisotopic (exact) mass is 362 g/mol. The number of benzene rings is 2. The Morgan fingerprint density at radius 1 is 0.846 bits per heavy atom. The average Bonchev–Trinajstić information content (AvgIpc) is 2.62. The molecule has 0 spiro atoms. The van der Waals surface area contributed by atoms with E-state index in [0.717, 1.165) is 19.5 Å². The molecule has 2 nitrogen and oxygen atoms in total. The molecule has 0 unspecified atom stereocenters. The summed E-state index contributed by atoms with van der Waals surface area (Å²) in [5, 5.41) is 3.14. The number of rotatable bonds is 6. The van der Waals surface area contributed by atoms with Crippen molar-refractivity contribution in [1.29, 1.82) is 0 Å². The molecule has 3 rings (SSSR count). The molecule has 0 amide bonds. The van der Waals surface area contributed by atoms with Gasteiger partial charge in [0, 0.05) is 38.6 Å². The molecule has 1 aliphatic heterocycles. The van der Waals surface area contributed by atoms with E-state index in [9.17, 15) is 0 Å². The van der Waals surface area contributed by atoms with Crippen molar-refractivity contribution in [3.63, 3.8) is 0 Å². The van der Waals surface area contributed by atoms with Gasteiger partial charge >= 0.3 is 0 Å². The van der Waals surface area contributed by atoms with Gasteiger partial charge in [0.15, 0.2) is 0 Å². The number of likely N-dealkylation sites (N-methyl/N-ethyl adjacent to an activating group) is 2. The van der Waals surface area contributed by atoms with Crippen LogP contribution in [0.4, 0.5) is 11.4 Å². The Hall–Kier alpha value is -2.26. The fourth-order valence-corrected chi connectivity index (χ4v) is 7.28. The molecule has 0 radical (unpaired) electrons. The van der Waals surface area contributed by atoms with Gasteiger partial charge in [0.25, 0.3) is 0 Å². The largest absolute Gasteiger partial charge is 0.371 e. The third-order valence-corrected chi connectivity index (χ3v) is 9.23. The van der Waals surface area contributed by atoms with Crippen molar-refractivity contribution in [2.75, 3.05) is 37.0 Å². The van der Waals surface area contributed by atoms with Crippen molar-refractivity contribution >= 4 is 29.8 Å². The van der Waals surface area contributed by atoms with Crippen LogP contribution in [0.2, 0.25) is 13.1 Å².